The quantitative estimate of drug-likeness (QED) is 0.168. The fourth-order valence-electron chi connectivity index (χ4n) is 4.25. The third-order valence-electron chi connectivity index (χ3n) is 6.30. The summed E-state index contributed by atoms with van der Waals surface area (Å²) in [7, 11) is 0. The predicted octanol–water partition coefficient (Wildman–Crippen LogP) is 5.96. The van der Waals surface area contributed by atoms with Crippen LogP contribution in [0.15, 0.2) is 0 Å². The minimum atomic E-state index is -0.649. The first kappa shape index (κ1) is 29.4. The monoisotopic (exact) mass is 468 g/mol. The van der Waals surface area contributed by atoms with E-state index < -0.39 is 11.8 Å². The maximum atomic E-state index is 12.9. The summed E-state index contributed by atoms with van der Waals surface area (Å²) in [6.07, 6.45) is 6.68. The zero-order valence-corrected chi connectivity index (χ0v) is 21.9. The highest BCUT2D eigenvalue weighted by atomic mass is 16.5. The number of carbonyl (C=O) groups is 3. The van der Waals surface area contributed by atoms with Crippen LogP contribution in [0, 0.1) is 35.5 Å². The first-order valence-electron chi connectivity index (χ1n) is 13.1. The Bertz CT molecular complexity index is 583. The molecule has 1 fully saturated rings. The number of rotatable bonds is 15. The third-order valence-corrected chi connectivity index (χ3v) is 6.30. The van der Waals surface area contributed by atoms with Gasteiger partial charge in [-0.25, -0.2) is 0 Å². The van der Waals surface area contributed by atoms with Crippen molar-refractivity contribution >= 4 is 17.9 Å². The number of hydrogen-bond acceptors (Lipinski definition) is 6. The van der Waals surface area contributed by atoms with Crippen molar-refractivity contribution in [1.82, 2.24) is 0 Å². The smallest absolute Gasteiger partial charge is 0.309 e. The molecule has 192 valence electrons. The molecule has 6 nitrogen and oxygen atoms in total. The Labute approximate surface area is 201 Å². The van der Waals surface area contributed by atoms with E-state index in [0.29, 0.717) is 50.4 Å². The maximum Gasteiger partial charge on any atom is 0.309 e. The summed E-state index contributed by atoms with van der Waals surface area (Å²) in [5.41, 5.74) is 0. The predicted molar refractivity (Wildman–Crippen MR) is 129 cm³/mol. The van der Waals surface area contributed by atoms with Gasteiger partial charge in [-0.3, -0.25) is 14.4 Å². The molecule has 3 unspecified atom stereocenters. The second-order valence-corrected chi connectivity index (χ2v) is 10.8. The van der Waals surface area contributed by atoms with Crippen LogP contribution >= 0.6 is 0 Å². The highest BCUT2D eigenvalue weighted by molar-refractivity contribution is 5.83. The van der Waals surface area contributed by atoms with E-state index in [-0.39, 0.29) is 30.2 Å². The fraction of sp³-hybridized carbons (Fsp3) is 0.889. The van der Waals surface area contributed by atoms with Gasteiger partial charge in [-0.1, -0.05) is 41.5 Å². The van der Waals surface area contributed by atoms with Gasteiger partial charge in [0.1, 0.15) is 0 Å². The largest absolute Gasteiger partial charge is 0.465 e. The average Bonchev–Trinajstić information content (AvgIpc) is 2.75. The average molecular weight is 469 g/mol. The van der Waals surface area contributed by atoms with Crippen molar-refractivity contribution in [2.75, 3.05) is 19.8 Å². The first-order valence-corrected chi connectivity index (χ1v) is 13.1. The van der Waals surface area contributed by atoms with E-state index in [0.717, 1.165) is 38.5 Å². The molecule has 1 rings (SSSR count). The van der Waals surface area contributed by atoms with Crippen molar-refractivity contribution in [2.24, 2.45) is 35.5 Å². The van der Waals surface area contributed by atoms with Gasteiger partial charge >= 0.3 is 17.9 Å². The van der Waals surface area contributed by atoms with Crippen LogP contribution in [0.3, 0.4) is 0 Å². The number of esters is 3. The Morgan fingerprint density at radius 3 is 1.42 bits per heavy atom. The van der Waals surface area contributed by atoms with Crippen LogP contribution in [0.4, 0.5) is 0 Å². The molecule has 3 atom stereocenters. The van der Waals surface area contributed by atoms with E-state index in [4.69, 9.17) is 14.2 Å². The molecule has 0 saturated heterocycles. The minimum Gasteiger partial charge on any atom is -0.465 e. The van der Waals surface area contributed by atoms with Gasteiger partial charge in [0.2, 0.25) is 0 Å². The van der Waals surface area contributed by atoms with Crippen LogP contribution in [0.5, 0.6) is 0 Å². The molecule has 0 aromatic carbocycles. The lowest BCUT2D eigenvalue weighted by Gasteiger charge is -2.32. The first-order chi connectivity index (χ1) is 15.6. The Morgan fingerprint density at radius 2 is 1.00 bits per heavy atom. The Kier molecular flexibility index (Phi) is 14.4. The lowest BCUT2D eigenvalue weighted by atomic mass is 9.74. The standard InChI is InChI=1S/C27H48O6/c1-19(2)10-7-15-31-25(28)22-13-14-23(26(29)32-16-8-11-20(3)4)24(18-22)27(30)33-17-9-12-21(5)6/h19-24H,7-18H2,1-6H3. The van der Waals surface area contributed by atoms with Crippen molar-refractivity contribution in [2.45, 2.75) is 99.3 Å². The summed E-state index contributed by atoms with van der Waals surface area (Å²) < 4.78 is 16.5. The van der Waals surface area contributed by atoms with Crippen molar-refractivity contribution in [3.8, 4) is 0 Å². The van der Waals surface area contributed by atoms with Crippen molar-refractivity contribution < 1.29 is 28.6 Å². The minimum absolute atomic E-state index is 0.264. The van der Waals surface area contributed by atoms with E-state index in [9.17, 15) is 14.4 Å². The molecule has 0 aromatic heterocycles. The zero-order valence-electron chi connectivity index (χ0n) is 21.9. The van der Waals surface area contributed by atoms with Crippen LogP contribution in [0.2, 0.25) is 0 Å². The van der Waals surface area contributed by atoms with Gasteiger partial charge < -0.3 is 14.2 Å². The van der Waals surface area contributed by atoms with Crippen LogP contribution in [-0.4, -0.2) is 37.7 Å². The molecule has 0 amide bonds. The molecule has 33 heavy (non-hydrogen) atoms. The van der Waals surface area contributed by atoms with Gasteiger partial charge in [0, 0.05) is 0 Å². The number of hydrogen-bond donors (Lipinski definition) is 0. The summed E-state index contributed by atoms with van der Waals surface area (Å²) in [5.74, 6) is -0.897. The molecule has 0 heterocycles. The SMILES string of the molecule is CC(C)CCCOC(=O)C1CCC(C(=O)OCCCC(C)C)C(C(=O)OCCCC(C)C)C1. The lowest BCUT2D eigenvalue weighted by Crippen LogP contribution is -2.40. The van der Waals surface area contributed by atoms with Gasteiger partial charge in [-0.05, 0) is 75.5 Å². The zero-order chi connectivity index (χ0) is 24.8. The fourth-order valence-corrected chi connectivity index (χ4v) is 4.25. The van der Waals surface area contributed by atoms with Crippen molar-refractivity contribution in [1.29, 1.82) is 0 Å². The molecule has 1 aliphatic carbocycles. The number of carbonyl (C=O) groups excluding carboxylic acids is 3. The van der Waals surface area contributed by atoms with E-state index in [1.54, 1.807) is 0 Å². The molecular weight excluding hydrogens is 420 g/mol. The molecule has 0 bridgehead atoms. The molecule has 0 N–H and O–H groups in total. The van der Waals surface area contributed by atoms with Gasteiger partial charge in [0.25, 0.3) is 0 Å². The third kappa shape index (κ3) is 12.4. The highest BCUT2D eigenvalue weighted by Gasteiger charge is 2.43. The maximum absolute atomic E-state index is 12.9. The van der Waals surface area contributed by atoms with Gasteiger partial charge in [-0.15, -0.1) is 0 Å². The summed E-state index contributed by atoms with van der Waals surface area (Å²) >= 11 is 0. The van der Waals surface area contributed by atoms with Crippen LogP contribution in [0.1, 0.15) is 99.3 Å². The summed E-state index contributed by atoms with van der Waals surface area (Å²) in [4.78, 5) is 38.3. The summed E-state index contributed by atoms with van der Waals surface area (Å²) in [6.45, 7) is 13.9. The Hall–Kier alpha value is -1.59. The van der Waals surface area contributed by atoms with E-state index in [1.807, 2.05) is 0 Å². The van der Waals surface area contributed by atoms with Gasteiger partial charge in [0.15, 0.2) is 0 Å². The van der Waals surface area contributed by atoms with Gasteiger partial charge in [0.05, 0.1) is 37.6 Å². The molecule has 6 heteroatoms. The molecule has 0 aromatic rings. The highest BCUT2D eigenvalue weighted by Crippen LogP contribution is 2.36. The van der Waals surface area contributed by atoms with E-state index >= 15 is 0 Å². The second kappa shape index (κ2) is 16.1. The molecule has 1 aliphatic rings. The summed E-state index contributed by atoms with van der Waals surface area (Å²) in [6, 6.07) is 0. The Balaban J connectivity index is 2.68. The molecular formula is C27H48O6. The van der Waals surface area contributed by atoms with E-state index in [2.05, 4.69) is 41.5 Å². The topological polar surface area (TPSA) is 78.9 Å². The molecule has 1 saturated carbocycles. The number of ether oxygens (including phenoxy) is 3. The Morgan fingerprint density at radius 1 is 0.606 bits per heavy atom. The normalized spacial score (nSPS) is 20.8. The van der Waals surface area contributed by atoms with Crippen LogP contribution in [-0.2, 0) is 28.6 Å². The van der Waals surface area contributed by atoms with Crippen LogP contribution < -0.4 is 0 Å². The molecule has 0 aliphatic heterocycles. The van der Waals surface area contributed by atoms with Gasteiger partial charge in [-0.2, -0.15) is 0 Å². The summed E-state index contributed by atoms with van der Waals surface area (Å²) in [5, 5.41) is 0. The van der Waals surface area contributed by atoms with Crippen LogP contribution in [0.25, 0.3) is 0 Å². The van der Waals surface area contributed by atoms with E-state index in [1.165, 1.54) is 0 Å². The van der Waals surface area contributed by atoms with Crippen molar-refractivity contribution in [3.05, 3.63) is 0 Å². The van der Waals surface area contributed by atoms with Crippen molar-refractivity contribution in [3.63, 3.8) is 0 Å². The molecule has 0 spiro atoms. The lowest BCUT2D eigenvalue weighted by molar-refractivity contribution is -0.167. The second-order valence-electron chi connectivity index (χ2n) is 10.8. The molecule has 0 radical (unpaired) electrons.